The van der Waals surface area contributed by atoms with E-state index in [4.69, 9.17) is 28.9 Å². The highest BCUT2D eigenvalue weighted by molar-refractivity contribution is 6.35. The average Bonchev–Trinajstić information content (AvgIpc) is 2.19. The Morgan fingerprint density at radius 2 is 2.00 bits per heavy atom. The maximum atomic E-state index is 9.72. The quantitative estimate of drug-likeness (QED) is 0.865. The summed E-state index contributed by atoms with van der Waals surface area (Å²) in [5.41, 5.74) is 6.57. The van der Waals surface area contributed by atoms with Crippen molar-refractivity contribution >= 4 is 35.6 Å². The monoisotopic (exact) mass is 283 g/mol. The van der Waals surface area contributed by atoms with E-state index in [1.54, 1.807) is 6.07 Å². The van der Waals surface area contributed by atoms with Crippen molar-refractivity contribution in [3.63, 3.8) is 0 Å². The Morgan fingerprint density at radius 3 is 2.56 bits per heavy atom. The minimum Gasteiger partial charge on any atom is -0.506 e. The molecule has 1 atom stereocenters. The highest BCUT2D eigenvalue weighted by atomic mass is 35.5. The number of phenols is 1. The molecule has 0 aromatic heterocycles. The number of nitrogens with two attached hydrogens (primary N) is 1. The lowest BCUT2D eigenvalue weighted by molar-refractivity contribution is 0.457. The third-order valence-electron chi connectivity index (χ3n) is 2.33. The SMILES string of the molecule is CCCC[C@@H](N)c1cc(Cl)cc(Cl)c1O.Cl. The standard InChI is InChI=1S/C11H15Cl2NO.ClH/c1-2-3-4-10(14)8-5-7(12)6-9(13)11(8)15;/h5-6,10,15H,2-4,14H2,1H3;1H/t10-;/m1./s1. The molecule has 1 aromatic carbocycles. The molecule has 0 aliphatic carbocycles. The molecule has 0 spiro atoms. The van der Waals surface area contributed by atoms with Gasteiger partial charge in [0.05, 0.1) is 5.02 Å². The Kier molecular flexibility index (Phi) is 7.16. The fraction of sp³-hybridized carbons (Fsp3) is 0.455. The third-order valence-corrected chi connectivity index (χ3v) is 2.83. The number of rotatable bonds is 4. The van der Waals surface area contributed by atoms with Gasteiger partial charge in [-0.05, 0) is 18.6 Å². The van der Waals surface area contributed by atoms with Crippen molar-refractivity contribution in [2.75, 3.05) is 0 Å². The molecule has 0 aliphatic rings. The first-order valence-corrected chi connectivity index (χ1v) is 5.75. The molecule has 2 nitrogen and oxygen atoms in total. The van der Waals surface area contributed by atoms with Crippen molar-refractivity contribution in [3.8, 4) is 5.75 Å². The van der Waals surface area contributed by atoms with E-state index in [1.165, 1.54) is 6.07 Å². The second kappa shape index (κ2) is 7.23. The Balaban J connectivity index is 0.00000225. The number of aromatic hydroxyl groups is 1. The summed E-state index contributed by atoms with van der Waals surface area (Å²) in [6.45, 7) is 2.09. The zero-order valence-electron chi connectivity index (χ0n) is 9.04. The number of phenolic OH excluding ortho intramolecular Hbond substituents is 1. The van der Waals surface area contributed by atoms with Crippen molar-refractivity contribution in [2.24, 2.45) is 5.73 Å². The van der Waals surface area contributed by atoms with Crippen LogP contribution in [0.4, 0.5) is 0 Å². The maximum absolute atomic E-state index is 9.72. The van der Waals surface area contributed by atoms with Gasteiger partial charge in [0, 0.05) is 16.6 Å². The number of unbranched alkanes of at least 4 members (excludes halogenated alkanes) is 1. The van der Waals surface area contributed by atoms with Crippen molar-refractivity contribution in [1.82, 2.24) is 0 Å². The van der Waals surface area contributed by atoms with Crippen LogP contribution < -0.4 is 5.73 Å². The number of hydrogen-bond donors (Lipinski definition) is 2. The van der Waals surface area contributed by atoms with Gasteiger partial charge in [-0.1, -0.05) is 43.0 Å². The molecule has 0 radical (unpaired) electrons. The highest BCUT2D eigenvalue weighted by Gasteiger charge is 2.14. The van der Waals surface area contributed by atoms with Crippen LogP contribution in [0, 0.1) is 0 Å². The number of hydrogen-bond acceptors (Lipinski definition) is 2. The number of benzene rings is 1. The normalized spacial score (nSPS) is 12.0. The number of halogens is 3. The molecule has 0 saturated heterocycles. The van der Waals surface area contributed by atoms with Gasteiger partial charge in [-0.25, -0.2) is 0 Å². The summed E-state index contributed by atoms with van der Waals surface area (Å²) in [6.07, 6.45) is 2.91. The van der Waals surface area contributed by atoms with E-state index >= 15 is 0 Å². The van der Waals surface area contributed by atoms with E-state index in [1.807, 2.05) is 0 Å². The zero-order chi connectivity index (χ0) is 11.4. The molecule has 0 saturated carbocycles. The molecular weight excluding hydrogens is 268 g/mol. The van der Waals surface area contributed by atoms with Gasteiger partial charge in [-0.3, -0.25) is 0 Å². The van der Waals surface area contributed by atoms with Gasteiger partial charge in [-0.15, -0.1) is 12.4 Å². The van der Waals surface area contributed by atoms with Crippen LogP contribution in [-0.4, -0.2) is 5.11 Å². The predicted octanol–water partition coefficient (Wildman–Crippen LogP) is 4.31. The van der Waals surface area contributed by atoms with E-state index < -0.39 is 0 Å². The topological polar surface area (TPSA) is 46.2 Å². The van der Waals surface area contributed by atoms with Crippen LogP contribution in [-0.2, 0) is 0 Å². The van der Waals surface area contributed by atoms with Crippen LogP contribution in [0.3, 0.4) is 0 Å². The largest absolute Gasteiger partial charge is 0.506 e. The van der Waals surface area contributed by atoms with Gasteiger partial charge in [0.25, 0.3) is 0 Å². The molecular formula is C11H16Cl3NO. The lowest BCUT2D eigenvalue weighted by Crippen LogP contribution is -2.10. The molecule has 0 fully saturated rings. The van der Waals surface area contributed by atoms with E-state index in [2.05, 4.69) is 6.92 Å². The first-order chi connectivity index (χ1) is 7.06. The van der Waals surface area contributed by atoms with Crippen LogP contribution in [0.25, 0.3) is 0 Å². The predicted molar refractivity (Wildman–Crippen MR) is 71.8 cm³/mol. The molecule has 0 bridgehead atoms. The van der Waals surface area contributed by atoms with Gasteiger partial charge in [0.1, 0.15) is 5.75 Å². The van der Waals surface area contributed by atoms with E-state index in [9.17, 15) is 5.11 Å². The first kappa shape index (κ1) is 15.9. The van der Waals surface area contributed by atoms with Crippen molar-refractivity contribution in [2.45, 2.75) is 32.2 Å². The molecule has 1 rings (SSSR count). The molecule has 92 valence electrons. The lowest BCUT2D eigenvalue weighted by atomic mass is 10.0. The van der Waals surface area contributed by atoms with Crippen LogP contribution >= 0.6 is 35.6 Å². The molecule has 1 aromatic rings. The fourth-order valence-electron chi connectivity index (χ4n) is 1.45. The lowest BCUT2D eigenvalue weighted by Gasteiger charge is -2.14. The van der Waals surface area contributed by atoms with Crippen molar-refractivity contribution < 1.29 is 5.11 Å². The Hall–Kier alpha value is -0.150. The molecule has 3 N–H and O–H groups in total. The van der Waals surface area contributed by atoms with Crippen LogP contribution in [0.5, 0.6) is 5.75 Å². The van der Waals surface area contributed by atoms with Crippen LogP contribution in [0.15, 0.2) is 12.1 Å². The Bertz CT molecular complexity index is 344. The molecule has 5 heteroatoms. The van der Waals surface area contributed by atoms with Gasteiger partial charge < -0.3 is 10.8 Å². The summed E-state index contributed by atoms with van der Waals surface area (Å²) in [7, 11) is 0. The fourth-order valence-corrected chi connectivity index (χ4v) is 1.96. The minimum absolute atomic E-state index is 0. The third kappa shape index (κ3) is 4.02. The Labute approximate surface area is 112 Å². The molecule has 0 amide bonds. The van der Waals surface area contributed by atoms with Crippen molar-refractivity contribution in [3.05, 3.63) is 27.7 Å². The molecule has 0 heterocycles. The average molecular weight is 285 g/mol. The zero-order valence-corrected chi connectivity index (χ0v) is 11.4. The summed E-state index contributed by atoms with van der Waals surface area (Å²) in [5, 5.41) is 10.5. The molecule has 0 aliphatic heterocycles. The maximum Gasteiger partial charge on any atom is 0.139 e. The van der Waals surface area contributed by atoms with Gasteiger partial charge in [0.2, 0.25) is 0 Å². The molecule has 16 heavy (non-hydrogen) atoms. The minimum atomic E-state index is -0.207. The van der Waals surface area contributed by atoms with Crippen molar-refractivity contribution in [1.29, 1.82) is 0 Å². The molecule has 0 unspecified atom stereocenters. The van der Waals surface area contributed by atoms with Crippen LogP contribution in [0.1, 0.15) is 37.8 Å². The summed E-state index contributed by atoms with van der Waals surface area (Å²) >= 11 is 11.7. The summed E-state index contributed by atoms with van der Waals surface area (Å²) in [6, 6.07) is 2.97. The summed E-state index contributed by atoms with van der Waals surface area (Å²) < 4.78 is 0. The van der Waals surface area contributed by atoms with Crippen LogP contribution in [0.2, 0.25) is 10.0 Å². The Morgan fingerprint density at radius 1 is 1.38 bits per heavy atom. The summed E-state index contributed by atoms with van der Waals surface area (Å²) in [4.78, 5) is 0. The highest BCUT2D eigenvalue weighted by Crippen LogP contribution is 2.35. The second-order valence-electron chi connectivity index (χ2n) is 3.57. The first-order valence-electron chi connectivity index (χ1n) is 4.99. The van der Waals surface area contributed by atoms with Gasteiger partial charge in [-0.2, -0.15) is 0 Å². The summed E-state index contributed by atoms with van der Waals surface area (Å²) in [5.74, 6) is 0.0460. The van der Waals surface area contributed by atoms with E-state index in [0.717, 1.165) is 19.3 Å². The smallest absolute Gasteiger partial charge is 0.139 e. The van der Waals surface area contributed by atoms with E-state index in [0.29, 0.717) is 10.6 Å². The van der Waals surface area contributed by atoms with E-state index in [-0.39, 0.29) is 29.2 Å². The van der Waals surface area contributed by atoms with Gasteiger partial charge >= 0.3 is 0 Å². The van der Waals surface area contributed by atoms with Gasteiger partial charge in [0.15, 0.2) is 0 Å². The second-order valence-corrected chi connectivity index (χ2v) is 4.42.